The van der Waals surface area contributed by atoms with Gasteiger partial charge in [-0.25, -0.2) is 14.6 Å². The third kappa shape index (κ3) is 1.69. The molecule has 5 nitrogen and oxygen atoms in total. The van der Waals surface area contributed by atoms with Gasteiger partial charge in [0.1, 0.15) is 0 Å². The van der Waals surface area contributed by atoms with E-state index in [0.29, 0.717) is 6.42 Å². The van der Waals surface area contributed by atoms with E-state index < -0.39 is 11.9 Å². The maximum Gasteiger partial charge on any atom is 0.363 e. The van der Waals surface area contributed by atoms with Crippen molar-refractivity contribution in [3.63, 3.8) is 0 Å². The second kappa shape index (κ2) is 3.17. The summed E-state index contributed by atoms with van der Waals surface area (Å²) in [5, 5.41) is 8.30. The molecule has 0 radical (unpaired) electrons. The fraction of sp³-hybridized carbons (Fsp3) is 0.286. The highest BCUT2D eigenvalue weighted by molar-refractivity contribution is 6.07. The molecule has 0 spiro atoms. The summed E-state index contributed by atoms with van der Waals surface area (Å²) in [5.74, 6) is -1.65. The Morgan fingerprint density at radius 2 is 2.42 bits per heavy atom. The molecule has 1 heterocycles. The van der Waals surface area contributed by atoms with Gasteiger partial charge in [-0.05, 0) is 0 Å². The number of carboxylic acid groups (broad SMARTS) is 1. The number of hydrogen-bond donors (Lipinski definition) is 1. The van der Waals surface area contributed by atoms with E-state index in [1.165, 1.54) is 0 Å². The average molecular weight is 169 g/mol. The van der Waals surface area contributed by atoms with Gasteiger partial charge in [0.2, 0.25) is 0 Å². The van der Waals surface area contributed by atoms with Gasteiger partial charge in [-0.2, -0.15) is 0 Å². The molecule has 0 fully saturated rings. The van der Waals surface area contributed by atoms with Gasteiger partial charge < -0.3 is 9.84 Å². The molecule has 0 aromatic rings. The topological polar surface area (TPSA) is 76.0 Å². The molecular formula is C7H7NO4. The number of carbonyl (C=O) groups excluding carboxylic acids is 1. The van der Waals surface area contributed by atoms with Crippen LogP contribution in [0, 0.1) is 0 Å². The van der Waals surface area contributed by atoms with Crippen molar-refractivity contribution in [1.29, 1.82) is 0 Å². The zero-order valence-corrected chi connectivity index (χ0v) is 6.40. The lowest BCUT2D eigenvalue weighted by molar-refractivity contribution is -0.133. The lowest BCUT2D eigenvalue weighted by Gasteiger charge is -1.89. The maximum atomic E-state index is 10.8. The van der Waals surface area contributed by atoms with E-state index in [1.807, 2.05) is 0 Å². The van der Waals surface area contributed by atoms with Crippen LogP contribution in [0.5, 0.6) is 0 Å². The van der Waals surface area contributed by atoms with Crippen molar-refractivity contribution >= 4 is 17.8 Å². The molecule has 1 aliphatic rings. The van der Waals surface area contributed by atoms with E-state index in [0.717, 1.165) is 6.08 Å². The summed E-state index contributed by atoms with van der Waals surface area (Å²) in [6.07, 6.45) is 1.20. The molecule has 0 unspecified atom stereocenters. The second-order valence-electron chi connectivity index (χ2n) is 2.12. The van der Waals surface area contributed by atoms with Gasteiger partial charge in [-0.3, -0.25) is 0 Å². The average Bonchev–Trinajstić information content (AvgIpc) is 2.31. The van der Waals surface area contributed by atoms with Gasteiger partial charge in [-0.1, -0.05) is 6.92 Å². The lowest BCUT2D eigenvalue weighted by Crippen LogP contribution is -2.03. The van der Waals surface area contributed by atoms with Crippen LogP contribution >= 0.6 is 0 Å². The van der Waals surface area contributed by atoms with Crippen molar-refractivity contribution in [2.24, 2.45) is 4.99 Å². The number of aliphatic carboxylic acids is 1. The molecule has 64 valence electrons. The molecule has 12 heavy (non-hydrogen) atoms. The number of esters is 1. The van der Waals surface area contributed by atoms with Crippen LogP contribution in [0.15, 0.2) is 16.8 Å². The molecule has 0 saturated carbocycles. The molecular weight excluding hydrogens is 162 g/mol. The minimum Gasteiger partial charge on any atom is -0.478 e. The summed E-state index contributed by atoms with van der Waals surface area (Å²) in [6.45, 7) is 1.76. The van der Waals surface area contributed by atoms with Crippen LogP contribution < -0.4 is 0 Å². The summed E-state index contributed by atoms with van der Waals surface area (Å²) < 4.78 is 4.60. The molecule has 0 amide bonds. The Kier molecular flexibility index (Phi) is 2.23. The van der Waals surface area contributed by atoms with E-state index >= 15 is 0 Å². The largest absolute Gasteiger partial charge is 0.478 e. The van der Waals surface area contributed by atoms with E-state index in [2.05, 4.69) is 9.73 Å². The first-order chi connectivity index (χ1) is 5.63. The van der Waals surface area contributed by atoms with Crippen molar-refractivity contribution in [3.8, 4) is 0 Å². The molecule has 0 aromatic heterocycles. The number of carbonyl (C=O) groups is 2. The Bertz CT molecular complexity index is 290. The van der Waals surface area contributed by atoms with Crippen LogP contribution in [0.1, 0.15) is 13.3 Å². The zero-order valence-electron chi connectivity index (χ0n) is 6.40. The number of rotatable bonds is 2. The molecule has 1 N–H and O–H groups in total. The first-order valence-corrected chi connectivity index (χ1v) is 3.38. The van der Waals surface area contributed by atoms with Crippen molar-refractivity contribution in [1.82, 2.24) is 0 Å². The highest BCUT2D eigenvalue weighted by atomic mass is 16.6. The minimum atomic E-state index is -1.21. The third-order valence-corrected chi connectivity index (χ3v) is 1.23. The van der Waals surface area contributed by atoms with Crippen molar-refractivity contribution in [2.45, 2.75) is 13.3 Å². The Morgan fingerprint density at radius 1 is 1.75 bits per heavy atom. The Labute approximate surface area is 68.4 Å². The summed E-state index contributed by atoms with van der Waals surface area (Å²) in [5.41, 5.74) is -0.153. The highest BCUT2D eigenvalue weighted by Gasteiger charge is 2.22. The zero-order chi connectivity index (χ0) is 9.14. The first kappa shape index (κ1) is 8.45. The smallest absolute Gasteiger partial charge is 0.363 e. The molecule has 1 rings (SSSR count). The van der Waals surface area contributed by atoms with Crippen molar-refractivity contribution in [3.05, 3.63) is 11.8 Å². The van der Waals surface area contributed by atoms with Gasteiger partial charge in [0, 0.05) is 6.42 Å². The Hall–Kier alpha value is -1.65. The third-order valence-electron chi connectivity index (χ3n) is 1.23. The molecule has 0 bridgehead atoms. The molecule has 0 aromatic carbocycles. The standard InChI is InChI=1S/C7H7NO4/c1-2-5-8-4(3-6(9)10)7(11)12-5/h3H,2H2,1H3,(H,9,10)/b4-3+. The summed E-state index contributed by atoms with van der Waals surface area (Å²) >= 11 is 0. The lowest BCUT2D eigenvalue weighted by atomic mass is 10.4. The summed E-state index contributed by atoms with van der Waals surface area (Å²) in [6, 6.07) is 0. The van der Waals surface area contributed by atoms with Crippen LogP contribution in [0.4, 0.5) is 0 Å². The van der Waals surface area contributed by atoms with Gasteiger partial charge in [0.05, 0.1) is 6.08 Å². The summed E-state index contributed by atoms with van der Waals surface area (Å²) in [7, 11) is 0. The van der Waals surface area contributed by atoms with Crippen molar-refractivity contribution in [2.75, 3.05) is 0 Å². The minimum absolute atomic E-state index is 0.153. The van der Waals surface area contributed by atoms with Gasteiger partial charge >= 0.3 is 11.9 Å². The number of cyclic esters (lactones) is 1. The Balaban J connectivity index is 2.86. The van der Waals surface area contributed by atoms with Crippen LogP contribution in [0.3, 0.4) is 0 Å². The number of aliphatic imine (C=N–C) groups is 1. The quantitative estimate of drug-likeness (QED) is 0.477. The molecule has 1 aliphatic heterocycles. The predicted octanol–water partition coefficient (Wildman–Crippen LogP) is 0.320. The number of nitrogens with zero attached hydrogens (tertiary/aromatic N) is 1. The molecule has 0 atom stereocenters. The molecule has 0 saturated heterocycles. The van der Waals surface area contributed by atoms with E-state index in [4.69, 9.17) is 5.11 Å². The maximum absolute atomic E-state index is 10.8. The second-order valence-corrected chi connectivity index (χ2v) is 2.12. The normalized spacial score (nSPS) is 19.2. The molecule has 5 heteroatoms. The monoisotopic (exact) mass is 169 g/mol. The fourth-order valence-electron chi connectivity index (χ4n) is 0.721. The number of hydrogen-bond acceptors (Lipinski definition) is 4. The van der Waals surface area contributed by atoms with Crippen LogP contribution in [0.25, 0.3) is 0 Å². The predicted molar refractivity (Wildman–Crippen MR) is 39.5 cm³/mol. The van der Waals surface area contributed by atoms with Crippen LogP contribution in [-0.2, 0) is 14.3 Å². The molecule has 0 aliphatic carbocycles. The van der Waals surface area contributed by atoms with Gasteiger partial charge in [0.25, 0.3) is 0 Å². The SMILES string of the molecule is CCC1=N/C(=C/C(=O)O)C(=O)O1. The van der Waals surface area contributed by atoms with Crippen LogP contribution in [-0.4, -0.2) is 22.9 Å². The van der Waals surface area contributed by atoms with Gasteiger partial charge in [0.15, 0.2) is 11.6 Å². The van der Waals surface area contributed by atoms with Gasteiger partial charge in [-0.15, -0.1) is 0 Å². The Morgan fingerprint density at radius 3 is 2.83 bits per heavy atom. The fourth-order valence-corrected chi connectivity index (χ4v) is 0.721. The van der Waals surface area contributed by atoms with E-state index in [1.54, 1.807) is 6.92 Å². The first-order valence-electron chi connectivity index (χ1n) is 3.38. The number of carboxylic acids is 1. The van der Waals surface area contributed by atoms with E-state index in [9.17, 15) is 9.59 Å². The van der Waals surface area contributed by atoms with E-state index in [-0.39, 0.29) is 11.6 Å². The number of ether oxygens (including phenoxy) is 1. The summed E-state index contributed by atoms with van der Waals surface area (Å²) in [4.78, 5) is 24.6. The van der Waals surface area contributed by atoms with Crippen LogP contribution in [0.2, 0.25) is 0 Å². The van der Waals surface area contributed by atoms with Crippen molar-refractivity contribution < 1.29 is 19.4 Å². The highest BCUT2D eigenvalue weighted by Crippen LogP contribution is 2.11.